The maximum atomic E-state index is 5.34. The van der Waals surface area contributed by atoms with Crippen molar-refractivity contribution < 1.29 is 0 Å². The van der Waals surface area contributed by atoms with Crippen LogP contribution in [-0.2, 0) is 0 Å². The first-order valence-corrected chi connectivity index (χ1v) is 34.5. The van der Waals surface area contributed by atoms with E-state index in [9.17, 15) is 0 Å². The fourth-order valence-electron chi connectivity index (χ4n) is 15.2. The third-order valence-electron chi connectivity index (χ3n) is 20.2. The van der Waals surface area contributed by atoms with Crippen molar-refractivity contribution in [3.05, 3.63) is 352 Å². The van der Waals surface area contributed by atoms with Crippen molar-refractivity contribution in [2.24, 2.45) is 0 Å². The number of para-hydroxylation sites is 4. The Morgan fingerprint density at radius 3 is 0.922 bits per heavy atom. The molecule has 474 valence electrons. The first-order chi connectivity index (χ1) is 50.5. The highest BCUT2D eigenvalue weighted by Gasteiger charge is 2.22. The Morgan fingerprint density at radius 1 is 0.157 bits per heavy atom. The maximum Gasteiger partial charge on any atom is 0.164 e. The first-order valence-electron chi connectivity index (χ1n) is 34.5. The molecule has 8 heteroatoms. The third-order valence-corrected chi connectivity index (χ3v) is 20.2. The van der Waals surface area contributed by atoms with Crippen molar-refractivity contribution in [1.29, 1.82) is 0 Å². The second kappa shape index (κ2) is 24.0. The molecule has 0 spiro atoms. The van der Waals surface area contributed by atoms with E-state index in [2.05, 4.69) is 343 Å². The molecule has 0 saturated heterocycles. The fourth-order valence-corrected chi connectivity index (χ4v) is 15.2. The van der Waals surface area contributed by atoms with Gasteiger partial charge in [0.05, 0.1) is 33.4 Å². The van der Waals surface area contributed by atoms with Crippen LogP contribution < -0.4 is 0 Å². The summed E-state index contributed by atoms with van der Waals surface area (Å²) in [5, 5.41) is 13.8. The summed E-state index contributed by atoms with van der Waals surface area (Å²) < 4.78 is 4.77. The lowest BCUT2D eigenvalue weighted by Crippen LogP contribution is -2.02. The first kappa shape index (κ1) is 58.3. The van der Waals surface area contributed by atoms with Crippen LogP contribution in [0.25, 0.3) is 200 Å². The van der Waals surface area contributed by atoms with E-state index in [0.29, 0.717) is 34.9 Å². The molecule has 0 N–H and O–H groups in total. The summed E-state index contributed by atoms with van der Waals surface area (Å²) in [4.78, 5) is 31.6. The molecule has 16 aromatic carbocycles. The average Bonchev–Trinajstić information content (AvgIpc) is 1.48. The van der Waals surface area contributed by atoms with Crippen LogP contribution in [-0.4, -0.2) is 39.0 Å². The van der Waals surface area contributed by atoms with E-state index in [1.807, 2.05) is 18.2 Å². The lowest BCUT2D eigenvalue weighted by Gasteiger charge is -2.15. The Bertz CT molecular complexity index is 6640. The van der Waals surface area contributed by atoms with Crippen LogP contribution in [0.15, 0.2) is 352 Å². The van der Waals surface area contributed by atoms with Crippen LogP contribution in [0, 0.1) is 0 Å². The minimum atomic E-state index is 0.600. The molecule has 0 radical (unpaired) electrons. The quantitative estimate of drug-likeness (QED) is 0.128. The van der Waals surface area contributed by atoms with Gasteiger partial charge in [0.2, 0.25) is 0 Å². The van der Waals surface area contributed by atoms with Gasteiger partial charge in [-0.05, 0) is 138 Å². The molecule has 102 heavy (non-hydrogen) atoms. The summed E-state index contributed by atoms with van der Waals surface area (Å²) >= 11 is 0. The van der Waals surface area contributed by atoms with Crippen LogP contribution in [0.4, 0.5) is 0 Å². The Hall–Kier alpha value is -13.8. The maximum absolute atomic E-state index is 5.34. The summed E-state index contributed by atoms with van der Waals surface area (Å²) in [5.41, 5.74) is 19.0. The van der Waals surface area contributed by atoms with Crippen LogP contribution in [0.2, 0.25) is 0 Å². The number of hydrogen-bond acceptors (Lipinski definition) is 6. The van der Waals surface area contributed by atoms with Gasteiger partial charge in [-0.1, -0.05) is 279 Å². The zero-order valence-electron chi connectivity index (χ0n) is 55.1. The second-order valence-corrected chi connectivity index (χ2v) is 26.1. The van der Waals surface area contributed by atoms with Gasteiger partial charge in [-0.25, -0.2) is 29.9 Å². The molecule has 0 amide bonds. The van der Waals surface area contributed by atoms with Crippen molar-refractivity contribution in [3.63, 3.8) is 0 Å². The van der Waals surface area contributed by atoms with Crippen LogP contribution >= 0.6 is 0 Å². The molecule has 4 heterocycles. The Kier molecular flexibility index (Phi) is 13.7. The zero-order valence-corrected chi connectivity index (χ0v) is 55.1. The normalized spacial score (nSPS) is 11.7. The lowest BCUT2D eigenvalue weighted by atomic mass is 9.95. The Balaban J connectivity index is 0.608. The fraction of sp³-hybridized carbons (Fsp3) is 0. The van der Waals surface area contributed by atoms with E-state index in [1.54, 1.807) is 0 Å². The number of hydrogen-bond donors (Lipinski definition) is 0. The molecule has 0 unspecified atom stereocenters. The van der Waals surface area contributed by atoms with Gasteiger partial charge in [0.25, 0.3) is 0 Å². The van der Waals surface area contributed by atoms with Gasteiger partial charge in [0, 0.05) is 65.7 Å². The van der Waals surface area contributed by atoms with Gasteiger partial charge in [-0.3, -0.25) is 0 Å². The molecule has 0 bridgehead atoms. The van der Waals surface area contributed by atoms with Gasteiger partial charge in [-0.2, -0.15) is 0 Å². The lowest BCUT2D eigenvalue weighted by molar-refractivity contribution is 1.08. The van der Waals surface area contributed by atoms with Gasteiger partial charge < -0.3 is 9.13 Å². The van der Waals surface area contributed by atoms with Crippen LogP contribution in [0.1, 0.15) is 0 Å². The smallest absolute Gasteiger partial charge is 0.164 e. The van der Waals surface area contributed by atoms with E-state index < -0.39 is 0 Å². The topological polar surface area (TPSA) is 87.2 Å². The van der Waals surface area contributed by atoms with Gasteiger partial charge in [0.1, 0.15) is 0 Å². The largest absolute Gasteiger partial charge is 0.309 e. The minimum absolute atomic E-state index is 0.600. The molecule has 20 aromatic rings. The monoisotopic (exact) mass is 1300 g/mol. The highest BCUT2D eigenvalue weighted by Crippen LogP contribution is 2.42. The molecular weight excluding hydrogens is 1240 g/mol. The van der Waals surface area contributed by atoms with E-state index in [4.69, 9.17) is 29.9 Å². The second-order valence-electron chi connectivity index (χ2n) is 26.1. The highest BCUT2D eigenvalue weighted by atomic mass is 15.1. The molecule has 0 atom stereocenters. The van der Waals surface area contributed by atoms with Crippen molar-refractivity contribution in [3.8, 4) is 113 Å². The van der Waals surface area contributed by atoms with Crippen molar-refractivity contribution >= 4 is 86.7 Å². The molecule has 4 aromatic heterocycles. The standard InChI is InChI=1S/C94H58N8/c1-2-20-63(21-3-1)89-95-90(98-93(97-89)81-51-53-87(75-27-8-6-25-73(75)81)101-83-33-14-10-29-77(83)78-30-11-15-34-84(78)101)64-46-39-61(40-47-64)69-48-41-62-42-49-70(58-72(62)57-69)68-24-18-23-67(55-68)60-37-44-65(45-38-60)91-96-92(71-50-43-59-19-4-5-22-66(59)56-71)100-94(99-91)82-52-54-88(76-28-9-7-26-74(76)82)102-85-35-16-12-31-79(85)80-32-13-17-36-86(80)102/h1-58H. The molecule has 0 aliphatic carbocycles. The molecule has 0 aliphatic heterocycles. The molecule has 20 rings (SSSR count). The molecule has 0 fully saturated rings. The van der Waals surface area contributed by atoms with Crippen molar-refractivity contribution in [1.82, 2.24) is 39.0 Å². The molecule has 8 nitrogen and oxygen atoms in total. The summed E-state index contributed by atoms with van der Waals surface area (Å²) in [6.45, 7) is 0. The number of rotatable bonds is 11. The van der Waals surface area contributed by atoms with E-state index in [1.165, 1.54) is 26.9 Å². The van der Waals surface area contributed by atoms with Gasteiger partial charge in [-0.15, -0.1) is 0 Å². The van der Waals surface area contributed by atoms with Gasteiger partial charge >= 0.3 is 0 Å². The Morgan fingerprint density at radius 2 is 0.451 bits per heavy atom. The molecular formula is C94H58N8. The number of fused-ring (bicyclic) bond motifs is 10. The molecule has 0 aliphatic rings. The van der Waals surface area contributed by atoms with E-state index in [-0.39, 0.29) is 0 Å². The summed E-state index contributed by atoms with van der Waals surface area (Å²) in [5.74, 6) is 3.66. The highest BCUT2D eigenvalue weighted by molar-refractivity contribution is 6.13. The number of aromatic nitrogens is 8. The summed E-state index contributed by atoms with van der Waals surface area (Å²) in [6.07, 6.45) is 0. The average molecular weight is 1300 g/mol. The predicted octanol–water partition coefficient (Wildman–Crippen LogP) is 23.9. The van der Waals surface area contributed by atoms with Crippen molar-refractivity contribution in [2.45, 2.75) is 0 Å². The Labute approximate surface area is 587 Å². The van der Waals surface area contributed by atoms with Gasteiger partial charge in [0.15, 0.2) is 34.9 Å². The third kappa shape index (κ3) is 9.99. The van der Waals surface area contributed by atoms with E-state index in [0.717, 1.165) is 138 Å². The van der Waals surface area contributed by atoms with Crippen LogP contribution in [0.5, 0.6) is 0 Å². The van der Waals surface area contributed by atoms with Crippen LogP contribution in [0.3, 0.4) is 0 Å². The SMILES string of the molecule is c1ccc(-c2nc(-c3ccc(-c4ccc5ccc(-c6cccc(-c7ccc(-c8nc(-c9ccc%10ccccc%10c9)nc(-c9ccc(-n%10c%11ccccc%11c%11ccccc%11%10)c%10ccccc9%10)n8)cc7)c6)cc5c4)cc3)nc(-c3ccc(-n4c5ccccc5c5ccccc54)c4ccccc34)n2)cc1. The number of benzene rings is 16. The van der Waals surface area contributed by atoms with E-state index >= 15 is 0 Å². The zero-order chi connectivity index (χ0) is 67.2. The number of nitrogens with zero attached hydrogens (tertiary/aromatic N) is 8. The summed E-state index contributed by atoms with van der Waals surface area (Å²) in [6, 6.07) is 125. The predicted molar refractivity (Wildman–Crippen MR) is 421 cm³/mol. The van der Waals surface area contributed by atoms with Crippen molar-refractivity contribution in [2.75, 3.05) is 0 Å². The minimum Gasteiger partial charge on any atom is -0.309 e. The summed E-state index contributed by atoms with van der Waals surface area (Å²) in [7, 11) is 0. The molecule has 0 saturated carbocycles.